The number of H-pyrrole nitrogens is 1. The van der Waals surface area contributed by atoms with Crippen LogP contribution in [-0.2, 0) is 6.54 Å². The van der Waals surface area contributed by atoms with Crippen LogP contribution in [0, 0.1) is 0 Å². The van der Waals surface area contributed by atoms with Gasteiger partial charge in [-0.2, -0.15) is 5.10 Å². The van der Waals surface area contributed by atoms with Crippen molar-refractivity contribution in [2.75, 3.05) is 30.4 Å². The van der Waals surface area contributed by atoms with E-state index in [4.69, 9.17) is 19.7 Å². The number of nitrogens with zero attached hydrogens (tertiary/aromatic N) is 7. The van der Waals surface area contributed by atoms with Crippen molar-refractivity contribution in [3.63, 3.8) is 0 Å². The van der Waals surface area contributed by atoms with Gasteiger partial charge in [0.25, 0.3) is 0 Å². The lowest BCUT2D eigenvalue weighted by molar-refractivity contribution is -0.00876. The fraction of sp³-hybridized carbons (Fsp3) is 0.323. The van der Waals surface area contributed by atoms with Crippen molar-refractivity contribution >= 4 is 28.4 Å². The van der Waals surface area contributed by atoms with Crippen molar-refractivity contribution in [2.45, 2.75) is 43.8 Å². The van der Waals surface area contributed by atoms with Crippen LogP contribution in [0.25, 0.3) is 22.3 Å². The maximum atomic E-state index is 5.19. The molecule has 41 heavy (non-hydrogen) atoms. The minimum Gasteiger partial charge on any atom is -0.481 e. The number of benzene rings is 1. The number of piperidine rings is 1. The molecule has 2 N–H and O–H groups in total. The molecule has 1 saturated carbocycles. The van der Waals surface area contributed by atoms with Gasteiger partial charge < -0.3 is 15.0 Å². The minimum atomic E-state index is 0.525. The molecule has 5 aromatic rings. The smallest absolute Gasteiger partial charge is 0.212 e. The van der Waals surface area contributed by atoms with Crippen molar-refractivity contribution in [1.82, 2.24) is 35.0 Å². The third kappa shape index (κ3) is 4.63. The second kappa shape index (κ2) is 9.81. The summed E-state index contributed by atoms with van der Waals surface area (Å²) in [4.78, 5) is 24.0. The molecule has 0 radical (unpaired) electrons. The molecule has 2 bridgehead atoms. The van der Waals surface area contributed by atoms with Gasteiger partial charge in [-0.1, -0.05) is 18.2 Å². The Morgan fingerprint density at radius 2 is 1.85 bits per heavy atom. The van der Waals surface area contributed by atoms with E-state index in [2.05, 4.69) is 54.6 Å². The van der Waals surface area contributed by atoms with E-state index in [0.29, 0.717) is 29.7 Å². The number of aromatic amines is 1. The van der Waals surface area contributed by atoms with Crippen molar-refractivity contribution in [1.29, 1.82) is 0 Å². The number of hydrogen-bond donors (Lipinski definition) is 2. The first-order chi connectivity index (χ1) is 20.2. The van der Waals surface area contributed by atoms with Gasteiger partial charge in [-0.15, -0.1) is 0 Å². The zero-order valence-corrected chi connectivity index (χ0v) is 22.9. The fourth-order valence-electron chi connectivity index (χ4n) is 6.10. The molecule has 10 nitrogen and oxygen atoms in total. The number of ether oxygens (including phenoxy) is 1. The molecule has 7 heterocycles. The Morgan fingerprint density at radius 1 is 0.976 bits per heavy atom. The number of rotatable bonds is 8. The number of para-hydroxylation sites is 1. The molecule has 3 saturated heterocycles. The van der Waals surface area contributed by atoms with Crippen LogP contribution < -0.4 is 15.0 Å². The highest BCUT2D eigenvalue weighted by molar-refractivity contribution is 5.92. The molecular weight excluding hydrogens is 514 g/mol. The van der Waals surface area contributed by atoms with Crippen LogP contribution in [0.2, 0.25) is 0 Å². The van der Waals surface area contributed by atoms with E-state index in [-0.39, 0.29) is 0 Å². The molecule has 9 rings (SSSR count). The van der Waals surface area contributed by atoms with E-state index in [1.54, 1.807) is 7.11 Å². The topological polar surface area (TPSA) is 108 Å². The van der Waals surface area contributed by atoms with Gasteiger partial charge >= 0.3 is 0 Å². The van der Waals surface area contributed by atoms with Crippen molar-refractivity contribution < 1.29 is 4.74 Å². The van der Waals surface area contributed by atoms with Crippen LogP contribution in [0.15, 0.2) is 67.0 Å². The molecule has 1 aromatic carbocycles. The molecule has 10 heteroatoms. The Morgan fingerprint density at radius 3 is 2.61 bits per heavy atom. The summed E-state index contributed by atoms with van der Waals surface area (Å²) in [6.07, 6.45) is 7.50. The number of hydrogen-bond acceptors (Lipinski definition) is 9. The molecule has 2 atom stereocenters. The molecule has 1 aliphatic carbocycles. The molecule has 4 fully saturated rings. The highest BCUT2D eigenvalue weighted by atomic mass is 16.5. The van der Waals surface area contributed by atoms with Gasteiger partial charge in [0, 0.05) is 78.8 Å². The van der Waals surface area contributed by atoms with Crippen molar-refractivity contribution in [3.05, 3.63) is 78.2 Å². The molecule has 4 aliphatic rings. The predicted molar refractivity (Wildman–Crippen MR) is 157 cm³/mol. The maximum absolute atomic E-state index is 5.19. The summed E-state index contributed by atoms with van der Waals surface area (Å²) in [6.45, 7) is 2.86. The van der Waals surface area contributed by atoms with Gasteiger partial charge in [0.15, 0.2) is 11.6 Å². The zero-order valence-electron chi connectivity index (χ0n) is 22.9. The van der Waals surface area contributed by atoms with Crippen molar-refractivity contribution in [2.24, 2.45) is 0 Å². The SMILES string of the molecule is COc1ccc(CN2C3CC2CN(c2ccc(-c4nc(Nc5cc(C6CC6)[nH]n5)c5ccccc5n4)cn2)C3)cn1. The van der Waals surface area contributed by atoms with Gasteiger partial charge in [-0.05, 0) is 49.1 Å². The standard InChI is InChI=1S/C31H31N9O/c1-41-29-11-6-19(14-33-29)16-40-22-12-23(40)18-39(17-22)28-10-9-21(15-32-28)30-34-25-5-3-2-4-24(25)31(36-30)35-27-13-26(37-38-27)20-7-8-20/h2-6,9-11,13-15,20,22-23H,7-8,12,16-18H2,1H3,(H2,34,35,36,37,38). The summed E-state index contributed by atoms with van der Waals surface area (Å²) < 4.78 is 5.19. The molecule has 0 spiro atoms. The monoisotopic (exact) mass is 545 g/mol. The number of nitrogens with one attached hydrogen (secondary N) is 2. The van der Waals surface area contributed by atoms with Crippen LogP contribution in [0.1, 0.15) is 36.4 Å². The summed E-state index contributed by atoms with van der Waals surface area (Å²) in [5, 5.41) is 12.0. The first kappa shape index (κ1) is 24.2. The average molecular weight is 546 g/mol. The Balaban J connectivity index is 0.986. The van der Waals surface area contributed by atoms with Crippen LogP contribution in [0.5, 0.6) is 5.88 Å². The Hall–Kier alpha value is -4.57. The summed E-state index contributed by atoms with van der Waals surface area (Å²) in [5.74, 6) is 4.42. The fourth-order valence-corrected chi connectivity index (χ4v) is 6.10. The van der Waals surface area contributed by atoms with E-state index in [0.717, 1.165) is 53.6 Å². The highest BCUT2D eigenvalue weighted by Crippen LogP contribution is 2.40. The number of fused-ring (bicyclic) bond motifs is 3. The lowest BCUT2D eigenvalue weighted by Crippen LogP contribution is -2.68. The van der Waals surface area contributed by atoms with Crippen LogP contribution in [-0.4, -0.2) is 67.3 Å². The lowest BCUT2D eigenvalue weighted by Gasteiger charge is -2.56. The van der Waals surface area contributed by atoms with E-state index in [9.17, 15) is 0 Å². The quantitative estimate of drug-likeness (QED) is 0.281. The number of anilines is 3. The summed E-state index contributed by atoms with van der Waals surface area (Å²) in [6, 6.07) is 19.4. The first-order valence-corrected chi connectivity index (χ1v) is 14.3. The van der Waals surface area contributed by atoms with Crippen LogP contribution in [0.3, 0.4) is 0 Å². The second-order valence-corrected chi connectivity index (χ2v) is 11.3. The van der Waals surface area contributed by atoms with E-state index in [1.807, 2.05) is 42.7 Å². The van der Waals surface area contributed by atoms with Crippen molar-refractivity contribution in [3.8, 4) is 17.3 Å². The normalized spacial score (nSPS) is 20.2. The number of pyridine rings is 2. The molecule has 2 unspecified atom stereocenters. The number of piperazine rings is 1. The van der Waals surface area contributed by atoms with E-state index in [1.165, 1.54) is 30.5 Å². The molecule has 3 aliphatic heterocycles. The number of methoxy groups -OCH3 is 1. The minimum absolute atomic E-state index is 0.525. The summed E-state index contributed by atoms with van der Waals surface area (Å²) >= 11 is 0. The van der Waals surface area contributed by atoms with Gasteiger partial charge in [0.05, 0.1) is 12.6 Å². The summed E-state index contributed by atoms with van der Waals surface area (Å²) in [5.41, 5.74) is 4.17. The largest absolute Gasteiger partial charge is 0.481 e. The number of aromatic nitrogens is 6. The maximum Gasteiger partial charge on any atom is 0.212 e. The summed E-state index contributed by atoms with van der Waals surface area (Å²) in [7, 11) is 1.65. The van der Waals surface area contributed by atoms with Gasteiger partial charge in [-0.25, -0.2) is 19.9 Å². The molecule has 4 aromatic heterocycles. The zero-order chi connectivity index (χ0) is 27.3. The van der Waals surface area contributed by atoms with E-state index < -0.39 is 0 Å². The van der Waals surface area contributed by atoms with Gasteiger partial charge in [0.1, 0.15) is 11.6 Å². The predicted octanol–water partition coefficient (Wildman–Crippen LogP) is 4.90. The Bertz CT molecular complexity index is 1690. The van der Waals surface area contributed by atoms with Gasteiger partial charge in [-0.3, -0.25) is 10.00 Å². The Labute approximate surface area is 237 Å². The molecule has 0 amide bonds. The first-order valence-electron chi connectivity index (χ1n) is 14.3. The lowest BCUT2D eigenvalue weighted by atomic mass is 9.87. The van der Waals surface area contributed by atoms with E-state index >= 15 is 0 Å². The Kier molecular flexibility index (Phi) is 5.80. The highest BCUT2D eigenvalue weighted by Gasteiger charge is 2.44. The molecule has 206 valence electrons. The third-order valence-corrected chi connectivity index (χ3v) is 8.51. The van der Waals surface area contributed by atoms with Crippen LogP contribution in [0.4, 0.5) is 17.5 Å². The average Bonchev–Trinajstić information content (AvgIpc) is 3.78. The van der Waals surface area contributed by atoms with Crippen LogP contribution >= 0.6 is 0 Å². The molecular formula is C31H31N9O. The third-order valence-electron chi connectivity index (χ3n) is 8.51. The van der Waals surface area contributed by atoms with Gasteiger partial charge in [0.2, 0.25) is 5.88 Å². The second-order valence-electron chi connectivity index (χ2n) is 11.3.